The molecule has 8 nitrogen and oxygen atoms in total. The number of ether oxygens (including phenoxy) is 1. The lowest BCUT2D eigenvalue weighted by Crippen LogP contribution is -2.44. The van der Waals surface area contributed by atoms with E-state index in [1.807, 2.05) is 6.92 Å². The van der Waals surface area contributed by atoms with Crippen molar-refractivity contribution in [2.75, 3.05) is 13.7 Å². The van der Waals surface area contributed by atoms with Gasteiger partial charge < -0.3 is 14.7 Å². The monoisotopic (exact) mass is 468 g/mol. The number of rotatable bonds is 4. The van der Waals surface area contributed by atoms with Crippen LogP contribution in [0.5, 0.6) is 11.5 Å². The van der Waals surface area contributed by atoms with Gasteiger partial charge in [0, 0.05) is 53.9 Å². The number of phenols is 1. The van der Waals surface area contributed by atoms with Crippen molar-refractivity contribution in [1.29, 1.82) is 0 Å². The predicted molar refractivity (Wildman–Crippen MR) is 127 cm³/mol. The molecule has 1 aliphatic heterocycles. The van der Waals surface area contributed by atoms with Crippen LogP contribution in [0.4, 0.5) is 5.69 Å². The maximum absolute atomic E-state index is 13.6. The molecule has 182 valence electrons. The van der Waals surface area contributed by atoms with Gasteiger partial charge in [-0.25, -0.2) is 0 Å². The van der Waals surface area contributed by atoms with E-state index in [1.54, 1.807) is 0 Å². The zero-order valence-corrected chi connectivity index (χ0v) is 20.7. The van der Waals surface area contributed by atoms with Gasteiger partial charge in [0.25, 0.3) is 0 Å². The SMILES string of the molecule is CCN1C2=C(C(=O)CC(C)(C)C2)C(c2cc(OC)c(O)c([N+](=O)[O-])c2)C2=C1CC(C)(C)CC2=O. The number of phenolic OH excluding ortho intramolecular Hbond substituents is 1. The van der Waals surface area contributed by atoms with Crippen molar-refractivity contribution in [2.24, 2.45) is 10.8 Å². The first-order chi connectivity index (χ1) is 15.8. The summed E-state index contributed by atoms with van der Waals surface area (Å²) in [6, 6.07) is 2.79. The fraction of sp³-hybridized carbons (Fsp3) is 0.538. The highest BCUT2D eigenvalue weighted by atomic mass is 16.6. The van der Waals surface area contributed by atoms with E-state index in [0.29, 0.717) is 48.9 Å². The van der Waals surface area contributed by atoms with E-state index in [0.717, 1.165) is 11.4 Å². The minimum absolute atomic E-state index is 0.0476. The van der Waals surface area contributed by atoms with Gasteiger partial charge in [-0.05, 0) is 42.2 Å². The van der Waals surface area contributed by atoms with E-state index in [1.165, 1.54) is 19.2 Å². The van der Waals surface area contributed by atoms with Gasteiger partial charge in [-0.15, -0.1) is 0 Å². The van der Waals surface area contributed by atoms with Crippen LogP contribution in [0, 0.1) is 20.9 Å². The molecule has 0 atom stereocenters. The predicted octanol–water partition coefficient (Wildman–Crippen LogP) is 5.01. The summed E-state index contributed by atoms with van der Waals surface area (Å²) in [6.07, 6.45) is 2.00. The highest BCUT2D eigenvalue weighted by molar-refractivity contribution is 6.07. The largest absolute Gasteiger partial charge is 0.500 e. The highest BCUT2D eigenvalue weighted by Crippen LogP contribution is 2.55. The first-order valence-electron chi connectivity index (χ1n) is 11.7. The fourth-order valence-electron chi connectivity index (χ4n) is 5.84. The van der Waals surface area contributed by atoms with Crippen LogP contribution in [0.1, 0.15) is 71.8 Å². The second-order valence-corrected chi connectivity index (χ2v) is 11.1. The molecule has 1 aromatic rings. The van der Waals surface area contributed by atoms with Crippen molar-refractivity contribution in [1.82, 2.24) is 4.90 Å². The summed E-state index contributed by atoms with van der Waals surface area (Å²) in [6.45, 7) is 10.9. The number of hydrogen-bond donors (Lipinski definition) is 1. The van der Waals surface area contributed by atoms with Gasteiger partial charge >= 0.3 is 5.69 Å². The third-order valence-corrected chi connectivity index (χ3v) is 7.17. The van der Waals surface area contributed by atoms with E-state index >= 15 is 0 Å². The van der Waals surface area contributed by atoms with Crippen LogP contribution in [0.2, 0.25) is 0 Å². The fourth-order valence-corrected chi connectivity index (χ4v) is 5.84. The number of methoxy groups -OCH3 is 1. The molecule has 0 unspecified atom stereocenters. The molecule has 0 saturated heterocycles. The minimum Gasteiger partial charge on any atom is -0.500 e. The number of nitro benzene ring substituents is 1. The van der Waals surface area contributed by atoms with Gasteiger partial charge in [0.05, 0.1) is 12.0 Å². The molecule has 34 heavy (non-hydrogen) atoms. The molecule has 1 aromatic carbocycles. The number of benzene rings is 1. The first-order valence-corrected chi connectivity index (χ1v) is 11.7. The van der Waals surface area contributed by atoms with Crippen LogP contribution in [-0.4, -0.2) is 40.2 Å². The van der Waals surface area contributed by atoms with E-state index in [2.05, 4.69) is 32.6 Å². The summed E-state index contributed by atoms with van der Waals surface area (Å²) in [5.74, 6) is -1.45. The molecule has 0 bridgehead atoms. The molecule has 4 rings (SSSR count). The Balaban J connectivity index is 2.05. The van der Waals surface area contributed by atoms with Crippen molar-refractivity contribution in [3.63, 3.8) is 0 Å². The lowest BCUT2D eigenvalue weighted by molar-refractivity contribution is -0.386. The third-order valence-electron chi connectivity index (χ3n) is 7.17. The Morgan fingerprint density at radius 1 is 1.03 bits per heavy atom. The molecular weight excluding hydrogens is 436 g/mol. The van der Waals surface area contributed by atoms with E-state index in [4.69, 9.17) is 4.74 Å². The number of nitrogens with zero attached hydrogens (tertiary/aromatic N) is 2. The van der Waals surface area contributed by atoms with Crippen LogP contribution < -0.4 is 4.74 Å². The molecule has 1 N–H and O–H groups in total. The maximum Gasteiger partial charge on any atom is 0.314 e. The summed E-state index contributed by atoms with van der Waals surface area (Å²) in [4.78, 5) is 40.4. The van der Waals surface area contributed by atoms with Gasteiger partial charge in [0.2, 0.25) is 5.75 Å². The number of Topliss-reactive ketones (excluding diaryl/α,β-unsaturated/α-hetero) is 2. The zero-order valence-electron chi connectivity index (χ0n) is 20.7. The van der Waals surface area contributed by atoms with Crippen LogP contribution in [0.25, 0.3) is 0 Å². The van der Waals surface area contributed by atoms with Crippen molar-refractivity contribution in [3.8, 4) is 11.5 Å². The van der Waals surface area contributed by atoms with Gasteiger partial charge in [-0.3, -0.25) is 19.7 Å². The van der Waals surface area contributed by atoms with Gasteiger partial charge in [0.15, 0.2) is 17.3 Å². The first kappa shape index (κ1) is 24.0. The molecule has 8 heteroatoms. The molecule has 1 heterocycles. The smallest absolute Gasteiger partial charge is 0.314 e. The summed E-state index contributed by atoms with van der Waals surface area (Å²) >= 11 is 0. The van der Waals surface area contributed by atoms with E-state index in [9.17, 15) is 24.8 Å². The average molecular weight is 469 g/mol. The Bertz CT molecular complexity index is 1120. The number of ketones is 2. The van der Waals surface area contributed by atoms with Crippen LogP contribution in [0.15, 0.2) is 34.7 Å². The lowest BCUT2D eigenvalue weighted by atomic mass is 9.63. The van der Waals surface area contributed by atoms with Crippen molar-refractivity contribution in [2.45, 2.75) is 66.2 Å². The zero-order chi connectivity index (χ0) is 25.2. The van der Waals surface area contributed by atoms with Gasteiger partial charge in [0.1, 0.15) is 0 Å². The molecule has 0 saturated carbocycles. The quantitative estimate of drug-likeness (QED) is 0.488. The summed E-state index contributed by atoms with van der Waals surface area (Å²) in [5.41, 5.74) is 2.30. The Hall–Kier alpha value is -3.16. The molecular formula is C26H32N2O6. The molecule has 0 aromatic heterocycles. The van der Waals surface area contributed by atoms with Gasteiger partial charge in [-0.2, -0.15) is 0 Å². The molecule has 2 aliphatic carbocycles. The van der Waals surface area contributed by atoms with Crippen LogP contribution >= 0.6 is 0 Å². The number of carbonyl (C=O) groups excluding carboxylic acids is 2. The number of carbonyl (C=O) groups is 2. The molecule has 0 fully saturated rings. The Morgan fingerprint density at radius 3 is 1.94 bits per heavy atom. The Kier molecular flexibility index (Phi) is 5.61. The molecule has 3 aliphatic rings. The van der Waals surface area contributed by atoms with Crippen LogP contribution in [0.3, 0.4) is 0 Å². The minimum atomic E-state index is -0.729. The van der Waals surface area contributed by atoms with Crippen LogP contribution in [-0.2, 0) is 9.59 Å². The second kappa shape index (κ2) is 7.96. The Labute approximate surface area is 199 Å². The standard InChI is InChI=1S/C26H32N2O6/c1-7-27-16-10-25(2,3)12-18(29)22(16)21(23-17(27)11-26(4,5)13-19(23)30)14-8-15(28(32)33)24(31)20(9-14)34-6/h8-9,21,31H,7,10-13H2,1-6H3. The molecule has 0 spiro atoms. The number of allylic oxidation sites excluding steroid dienone is 4. The average Bonchev–Trinajstić information content (AvgIpc) is 2.70. The van der Waals surface area contributed by atoms with Crippen molar-refractivity contribution < 1.29 is 24.4 Å². The molecule has 0 radical (unpaired) electrons. The number of nitro groups is 1. The summed E-state index contributed by atoms with van der Waals surface area (Å²) < 4.78 is 5.23. The topological polar surface area (TPSA) is 110 Å². The van der Waals surface area contributed by atoms with E-state index in [-0.39, 0.29) is 28.1 Å². The highest BCUT2D eigenvalue weighted by Gasteiger charge is 2.49. The third kappa shape index (κ3) is 3.79. The normalized spacial score (nSPS) is 22.0. The number of aromatic hydroxyl groups is 1. The summed E-state index contributed by atoms with van der Waals surface area (Å²) in [5, 5.41) is 22.0. The maximum atomic E-state index is 13.6. The number of hydrogen-bond acceptors (Lipinski definition) is 7. The van der Waals surface area contributed by atoms with E-state index < -0.39 is 22.3 Å². The second-order valence-electron chi connectivity index (χ2n) is 11.1. The van der Waals surface area contributed by atoms with Crippen molar-refractivity contribution in [3.05, 3.63) is 50.4 Å². The summed E-state index contributed by atoms with van der Waals surface area (Å²) in [7, 11) is 1.32. The lowest BCUT2D eigenvalue weighted by Gasteiger charge is -2.48. The molecule has 0 amide bonds. The van der Waals surface area contributed by atoms with Gasteiger partial charge in [-0.1, -0.05) is 27.7 Å². The Morgan fingerprint density at radius 2 is 1.53 bits per heavy atom. The van der Waals surface area contributed by atoms with Crippen molar-refractivity contribution >= 4 is 17.3 Å².